The zero-order valence-corrected chi connectivity index (χ0v) is 13.6. The van der Waals surface area contributed by atoms with E-state index in [1.807, 2.05) is 0 Å². The van der Waals surface area contributed by atoms with E-state index in [-0.39, 0.29) is 11.6 Å². The fourth-order valence-corrected chi connectivity index (χ4v) is 3.62. The summed E-state index contributed by atoms with van der Waals surface area (Å²) in [6, 6.07) is 13.1. The van der Waals surface area contributed by atoms with Crippen LogP contribution in [0, 0.1) is 5.82 Å². The van der Waals surface area contributed by atoms with Crippen molar-refractivity contribution in [2.45, 2.75) is 10.1 Å². The number of aromatic hydroxyl groups is 1. The topological polar surface area (TPSA) is 63.8 Å². The Labute approximate surface area is 140 Å². The molecule has 0 radical (unpaired) electrons. The molecule has 0 fully saturated rings. The standard InChI is InChI=1S/C15H13FN4OS2/c16-11-1-7-14(8-2-11)22-9-10-23-15-17-18-19-20(15)12-3-5-13(21)6-4-12/h1-8,21H,9-10H2. The maximum absolute atomic E-state index is 12.8. The van der Waals surface area contributed by atoms with Gasteiger partial charge in [0.25, 0.3) is 0 Å². The van der Waals surface area contributed by atoms with Crippen molar-refractivity contribution in [2.24, 2.45) is 0 Å². The Morgan fingerprint density at radius 3 is 2.39 bits per heavy atom. The molecular weight excluding hydrogens is 335 g/mol. The van der Waals surface area contributed by atoms with Crippen LogP contribution in [-0.2, 0) is 0 Å². The average molecular weight is 348 g/mol. The van der Waals surface area contributed by atoms with Crippen LogP contribution in [0.2, 0.25) is 0 Å². The molecule has 0 amide bonds. The molecule has 0 spiro atoms. The van der Waals surface area contributed by atoms with Gasteiger partial charge in [-0.2, -0.15) is 4.68 Å². The molecule has 0 bridgehead atoms. The predicted molar refractivity (Wildman–Crippen MR) is 88.7 cm³/mol. The molecule has 0 saturated carbocycles. The van der Waals surface area contributed by atoms with E-state index >= 15 is 0 Å². The minimum atomic E-state index is -0.225. The Bertz CT molecular complexity index is 762. The van der Waals surface area contributed by atoms with Crippen LogP contribution in [0.15, 0.2) is 58.6 Å². The first-order chi connectivity index (χ1) is 11.2. The van der Waals surface area contributed by atoms with Gasteiger partial charge in [-0.15, -0.1) is 16.9 Å². The summed E-state index contributed by atoms with van der Waals surface area (Å²) < 4.78 is 14.5. The van der Waals surface area contributed by atoms with Crippen molar-refractivity contribution in [3.63, 3.8) is 0 Å². The summed E-state index contributed by atoms with van der Waals surface area (Å²) in [7, 11) is 0. The predicted octanol–water partition coefficient (Wildman–Crippen LogP) is 3.39. The number of tetrazole rings is 1. The Morgan fingerprint density at radius 2 is 1.65 bits per heavy atom. The van der Waals surface area contributed by atoms with E-state index < -0.39 is 0 Å². The van der Waals surface area contributed by atoms with Gasteiger partial charge in [0.15, 0.2) is 0 Å². The molecule has 23 heavy (non-hydrogen) atoms. The summed E-state index contributed by atoms with van der Waals surface area (Å²) in [6.45, 7) is 0. The van der Waals surface area contributed by atoms with Gasteiger partial charge in [0, 0.05) is 16.4 Å². The molecule has 0 atom stereocenters. The van der Waals surface area contributed by atoms with Crippen LogP contribution in [0.1, 0.15) is 0 Å². The lowest BCUT2D eigenvalue weighted by Gasteiger charge is -2.04. The highest BCUT2D eigenvalue weighted by Gasteiger charge is 2.08. The molecule has 0 unspecified atom stereocenters. The fraction of sp³-hybridized carbons (Fsp3) is 0.133. The minimum absolute atomic E-state index is 0.201. The highest BCUT2D eigenvalue weighted by Crippen LogP contribution is 2.23. The zero-order chi connectivity index (χ0) is 16.1. The molecule has 1 aromatic heterocycles. The number of rotatable bonds is 6. The lowest BCUT2D eigenvalue weighted by molar-refractivity contribution is 0.475. The van der Waals surface area contributed by atoms with Crippen molar-refractivity contribution in [1.29, 1.82) is 0 Å². The lowest BCUT2D eigenvalue weighted by Crippen LogP contribution is -1.99. The molecule has 2 aromatic carbocycles. The monoisotopic (exact) mass is 348 g/mol. The van der Waals surface area contributed by atoms with E-state index in [0.29, 0.717) is 5.16 Å². The molecule has 3 rings (SSSR count). The number of thioether (sulfide) groups is 2. The van der Waals surface area contributed by atoms with Crippen molar-refractivity contribution in [3.8, 4) is 11.4 Å². The first kappa shape index (κ1) is 15.8. The van der Waals surface area contributed by atoms with Gasteiger partial charge in [0.2, 0.25) is 5.16 Å². The lowest BCUT2D eigenvalue weighted by atomic mass is 10.3. The highest BCUT2D eigenvalue weighted by molar-refractivity contribution is 8.02. The molecule has 118 valence electrons. The van der Waals surface area contributed by atoms with E-state index in [1.165, 1.54) is 12.1 Å². The van der Waals surface area contributed by atoms with Crippen LogP contribution in [0.4, 0.5) is 4.39 Å². The molecular formula is C15H13FN4OS2. The Balaban J connectivity index is 1.56. The highest BCUT2D eigenvalue weighted by atomic mass is 32.2. The van der Waals surface area contributed by atoms with Gasteiger partial charge < -0.3 is 5.11 Å². The molecule has 8 heteroatoms. The van der Waals surface area contributed by atoms with Gasteiger partial charge in [0.05, 0.1) is 5.69 Å². The van der Waals surface area contributed by atoms with E-state index in [1.54, 1.807) is 64.6 Å². The molecule has 1 N–H and O–H groups in total. The number of phenolic OH excluding ortho intramolecular Hbond substituents is 1. The van der Waals surface area contributed by atoms with Gasteiger partial charge >= 0.3 is 0 Å². The second-order valence-corrected chi connectivity index (χ2v) is 6.77. The minimum Gasteiger partial charge on any atom is -0.508 e. The van der Waals surface area contributed by atoms with Crippen LogP contribution in [0.5, 0.6) is 5.75 Å². The third-order valence-electron chi connectivity index (χ3n) is 2.93. The Morgan fingerprint density at radius 1 is 0.957 bits per heavy atom. The number of benzene rings is 2. The largest absolute Gasteiger partial charge is 0.508 e. The number of aromatic nitrogens is 4. The Kier molecular flexibility index (Phi) is 5.14. The van der Waals surface area contributed by atoms with Crippen molar-refractivity contribution in [3.05, 3.63) is 54.3 Å². The maximum Gasteiger partial charge on any atom is 0.214 e. The molecule has 0 aliphatic rings. The molecule has 0 aliphatic heterocycles. The molecule has 0 aliphatic carbocycles. The summed E-state index contributed by atoms with van der Waals surface area (Å²) in [5.74, 6) is 1.66. The van der Waals surface area contributed by atoms with Gasteiger partial charge in [-0.3, -0.25) is 0 Å². The maximum atomic E-state index is 12.8. The van der Waals surface area contributed by atoms with E-state index in [0.717, 1.165) is 22.1 Å². The number of hydrogen-bond donors (Lipinski definition) is 1. The molecule has 3 aromatic rings. The SMILES string of the molecule is Oc1ccc(-n2nnnc2SCCSc2ccc(F)cc2)cc1. The van der Waals surface area contributed by atoms with E-state index in [9.17, 15) is 9.50 Å². The summed E-state index contributed by atoms with van der Waals surface area (Å²) in [4.78, 5) is 1.03. The van der Waals surface area contributed by atoms with Crippen molar-refractivity contribution < 1.29 is 9.50 Å². The number of nitrogens with zero attached hydrogens (tertiary/aromatic N) is 4. The van der Waals surface area contributed by atoms with Gasteiger partial charge in [-0.25, -0.2) is 4.39 Å². The molecule has 1 heterocycles. The van der Waals surface area contributed by atoms with Crippen molar-refractivity contribution >= 4 is 23.5 Å². The molecule has 0 saturated heterocycles. The fourth-order valence-electron chi connectivity index (χ4n) is 1.85. The smallest absolute Gasteiger partial charge is 0.214 e. The van der Waals surface area contributed by atoms with Crippen molar-refractivity contribution in [2.75, 3.05) is 11.5 Å². The first-order valence-corrected chi connectivity index (χ1v) is 8.78. The van der Waals surface area contributed by atoms with Gasteiger partial charge in [-0.05, 0) is 59.0 Å². The molecule has 5 nitrogen and oxygen atoms in total. The van der Waals surface area contributed by atoms with Gasteiger partial charge in [-0.1, -0.05) is 11.8 Å². The average Bonchev–Trinajstić information content (AvgIpc) is 3.02. The van der Waals surface area contributed by atoms with Crippen molar-refractivity contribution in [1.82, 2.24) is 20.2 Å². The normalized spacial score (nSPS) is 10.8. The Hall–Kier alpha value is -2.06. The summed E-state index contributed by atoms with van der Waals surface area (Å²) in [5.41, 5.74) is 0.793. The third kappa shape index (κ3) is 4.23. The number of phenols is 1. The quantitative estimate of drug-likeness (QED) is 0.544. The van der Waals surface area contributed by atoms with Crippen LogP contribution >= 0.6 is 23.5 Å². The summed E-state index contributed by atoms with van der Waals surface area (Å²) in [6.07, 6.45) is 0. The van der Waals surface area contributed by atoms with Gasteiger partial charge in [0.1, 0.15) is 11.6 Å². The first-order valence-electron chi connectivity index (χ1n) is 6.81. The van der Waals surface area contributed by atoms with Crippen LogP contribution in [-0.4, -0.2) is 36.8 Å². The van der Waals surface area contributed by atoms with Crippen LogP contribution < -0.4 is 0 Å². The van der Waals surface area contributed by atoms with E-state index in [2.05, 4.69) is 15.5 Å². The number of hydrogen-bond acceptors (Lipinski definition) is 6. The zero-order valence-electron chi connectivity index (χ0n) is 12.0. The summed E-state index contributed by atoms with van der Waals surface area (Å²) >= 11 is 3.20. The van der Waals surface area contributed by atoms with Crippen LogP contribution in [0.3, 0.4) is 0 Å². The summed E-state index contributed by atoms with van der Waals surface area (Å²) in [5, 5.41) is 21.7. The second-order valence-electron chi connectivity index (χ2n) is 4.54. The van der Waals surface area contributed by atoms with Crippen LogP contribution in [0.25, 0.3) is 5.69 Å². The third-order valence-corrected chi connectivity index (χ3v) is 5.13. The second kappa shape index (κ2) is 7.47. The van der Waals surface area contributed by atoms with E-state index in [4.69, 9.17) is 0 Å². The number of halogens is 1.